The van der Waals surface area contributed by atoms with Gasteiger partial charge >= 0.3 is 0 Å². The van der Waals surface area contributed by atoms with Gasteiger partial charge in [0.2, 0.25) is 5.91 Å². The molecular weight excluding hydrogens is 322 g/mol. The molecule has 0 bridgehead atoms. The van der Waals surface area contributed by atoms with Gasteiger partial charge in [-0.25, -0.2) is 0 Å². The maximum Gasteiger partial charge on any atom is 0.256 e. The summed E-state index contributed by atoms with van der Waals surface area (Å²) in [6.45, 7) is 1.11. The second-order valence-electron chi connectivity index (χ2n) is 4.94. The van der Waals surface area contributed by atoms with Crippen molar-refractivity contribution >= 4 is 33.4 Å². The molecule has 0 spiro atoms. The zero-order valence-electron chi connectivity index (χ0n) is 11.4. The van der Waals surface area contributed by atoms with E-state index in [0.29, 0.717) is 24.3 Å². The molecule has 1 aliphatic heterocycles. The first-order valence-corrected chi connectivity index (χ1v) is 7.38. The molecule has 0 radical (unpaired) electrons. The van der Waals surface area contributed by atoms with Crippen LogP contribution in [0.4, 0.5) is 5.69 Å². The molecule has 0 saturated carbocycles. The average Bonchev–Trinajstić information content (AvgIpc) is 2.48. The second kappa shape index (κ2) is 6.26. The predicted octanol–water partition coefficient (Wildman–Crippen LogP) is 1.63. The van der Waals surface area contributed by atoms with Gasteiger partial charge in [0.15, 0.2) is 0 Å². The standard InChI is InChI=1S/C14H18BrN3O2/c1-17-13(19)9-3-2-6-18(8-9)14(20)11-7-10(15)4-5-12(11)16/h4-5,7,9H,2-3,6,8,16H2,1H3,(H,17,19). The maximum atomic E-state index is 12.5. The highest BCUT2D eigenvalue weighted by atomic mass is 79.9. The number of amides is 2. The number of carbonyl (C=O) groups is 2. The van der Waals surface area contributed by atoms with Crippen LogP contribution in [0.5, 0.6) is 0 Å². The minimum atomic E-state index is -0.133. The maximum absolute atomic E-state index is 12.5. The molecule has 1 aromatic carbocycles. The number of hydrogen-bond acceptors (Lipinski definition) is 3. The molecule has 1 unspecified atom stereocenters. The van der Waals surface area contributed by atoms with Crippen LogP contribution in [0.2, 0.25) is 0 Å². The van der Waals surface area contributed by atoms with Crippen LogP contribution in [0.3, 0.4) is 0 Å². The van der Waals surface area contributed by atoms with Gasteiger partial charge in [-0.05, 0) is 31.0 Å². The molecule has 2 amide bonds. The molecule has 1 aliphatic rings. The van der Waals surface area contributed by atoms with E-state index in [-0.39, 0.29) is 17.7 Å². The smallest absolute Gasteiger partial charge is 0.256 e. The van der Waals surface area contributed by atoms with Crippen LogP contribution in [0, 0.1) is 5.92 Å². The fourth-order valence-corrected chi connectivity index (χ4v) is 2.82. The van der Waals surface area contributed by atoms with Crippen molar-refractivity contribution in [3.05, 3.63) is 28.2 Å². The topological polar surface area (TPSA) is 75.4 Å². The SMILES string of the molecule is CNC(=O)C1CCCN(C(=O)c2cc(Br)ccc2N)C1. The lowest BCUT2D eigenvalue weighted by molar-refractivity contribution is -0.125. The molecule has 0 aliphatic carbocycles. The molecule has 3 N–H and O–H groups in total. The highest BCUT2D eigenvalue weighted by molar-refractivity contribution is 9.10. The number of nitrogens with one attached hydrogen (secondary N) is 1. The first-order chi connectivity index (χ1) is 9.52. The summed E-state index contributed by atoms with van der Waals surface area (Å²) in [5.74, 6) is -0.256. The van der Waals surface area contributed by atoms with Gasteiger partial charge in [0.1, 0.15) is 0 Å². The van der Waals surface area contributed by atoms with E-state index in [1.807, 2.05) is 0 Å². The zero-order chi connectivity index (χ0) is 14.7. The molecule has 20 heavy (non-hydrogen) atoms. The molecule has 1 aromatic rings. The number of halogens is 1. The quantitative estimate of drug-likeness (QED) is 0.804. The van der Waals surface area contributed by atoms with E-state index < -0.39 is 0 Å². The third kappa shape index (κ3) is 3.12. The Kier molecular flexibility index (Phi) is 4.65. The van der Waals surface area contributed by atoms with Crippen molar-refractivity contribution in [2.45, 2.75) is 12.8 Å². The molecule has 5 nitrogen and oxygen atoms in total. The van der Waals surface area contributed by atoms with Crippen LogP contribution in [0.1, 0.15) is 23.2 Å². The van der Waals surface area contributed by atoms with Gasteiger partial charge in [-0.2, -0.15) is 0 Å². The summed E-state index contributed by atoms with van der Waals surface area (Å²) in [5, 5.41) is 2.65. The Labute approximate surface area is 126 Å². The molecule has 1 fully saturated rings. The van der Waals surface area contributed by atoms with Crippen LogP contribution >= 0.6 is 15.9 Å². The number of nitrogen functional groups attached to an aromatic ring is 1. The number of hydrogen-bond donors (Lipinski definition) is 2. The summed E-state index contributed by atoms with van der Waals surface area (Å²) in [5.41, 5.74) is 6.81. The number of anilines is 1. The molecular formula is C14H18BrN3O2. The average molecular weight is 340 g/mol. The first-order valence-electron chi connectivity index (χ1n) is 6.59. The van der Waals surface area contributed by atoms with Crippen molar-refractivity contribution < 1.29 is 9.59 Å². The van der Waals surface area contributed by atoms with Gasteiger partial charge in [-0.15, -0.1) is 0 Å². The van der Waals surface area contributed by atoms with E-state index in [9.17, 15) is 9.59 Å². The second-order valence-corrected chi connectivity index (χ2v) is 5.85. The van der Waals surface area contributed by atoms with Gasteiger partial charge in [0, 0.05) is 30.3 Å². The van der Waals surface area contributed by atoms with Crippen molar-refractivity contribution in [1.29, 1.82) is 0 Å². The number of rotatable bonds is 2. The summed E-state index contributed by atoms with van der Waals surface area (Å²) in [7, 11) is 1.62. The number of piperidine rings is 1. The lowest BCUT2D eigenvalue weighted by atomic mass is 9.96. The largest absolute Gasteiger partial charge is 0.398 e. The molecule has 0 aromatic heterocycles. The van der Waals surface area contributed by atoms with Crippen LogP contribution < -0.4 is 11.1 Å². The highest BCUT2D eigenvalue weighted by Crippen LogP contribution is 2.23. The van der Waals surface area contributed by atoms with Gasteiger partial charge in [0.05, 0.1) is 11.5 Å². The molecule has 2 rings (SSSR count). The number of likely N-dealkylation sites (tertiary alicyclic amines) is 1. The highest BCUT2D eigenvalue weighted by Gasteiger charge is 2.29. The fraction of sp³-hybridized carbons (Fsp3) is 0.429. The Hall–Kier alpha value is -1.56. The van der Waals surface area contributed by atoms with E-state index in [1.165, 1.54) is 0 Å². The number of nitrogens with two attached hydrogens (primary N) is 1. The van der Waals surface area contributed by atoms with Gasteiger partial charge in [0.25, 0.3) is 5.91 Å². The Morgan fingerprint density at radius 2 is 2.20 bits per heavy atom. The van der Waals surface area contributed by atoms with E-state index in [1.54, 1.807) is 30.1 Å². The van der Waals surface area contributed by atoms with Gasteiger partial charge in [-0.1, -0.05) is 15.9 Å². The third-order valence-corrected chi connectivity index (χ3v) is 4.06. The number of carbonyl (C=O) groups excluding carboxylic acids is 2. The van der Waals surface area contributed by atoms with E-state index in [2.05, 4.69) is 21.2 Å². The lowest BCUT2D eigenvalue weighted by Crippen LogP contribution is -2.45. The van der Waals surface area contributed by atoms with Gasteiger partial charge in [-0.3, -0.25) is 9.59 Å². The third-order valence-electron chi connectivity index (χ3n) is 3.57. The van der Waals surface area contributed by atoms with Crippen LogP contribution in [-0.2, 0) is 4.79 Å². The molecule has 1 saturated heterocycles. The van der Waals surface area contributed by atoms with Crippen LogP contribution in [0.25, 0.3) is 0 Å². The monoisotopic (exact) mass is 339 g/mol. The van der Waals surface area contributed by atoms with Crippen molar-refractivity contribution in [3.8, 4) is 0 Å². The molecule has 1 atom stereocenters. The summed E-state index contributed by atoms with van der Waals surface area (Å²) in [4.78, 5) is 25.9. The Morgan fingerprint density at radius 3 is 2.90 bits per heavy atom. The summed E-state index contributed by atoms with van der Waals surface area (Å²) >= 11 is 3.34. The first kappa shape index (κ1) is 14.8. The minimum Gasteiger partial charge on any atom is -0.398 e. The van der Waals surface area contributed by atoms with Crippen molar-refractivity contribution in [2.75, 3.05) is 25.9 Å². The van der Waals surface area contributed by atoms with Crippen molar-refractivity contribution in [2.24, 2.45) is 5.92 Å². The van der Waals surface area contributed by atoms with E-state index >= 15 is 0 Å². The summed E-state index contributed by atoms with van der Waals surface area (Å²) < 4.78 is 0.815. The zero-order valence-corrected chi connectivity index (χ0v) is 12.9. The van der Waals surface area contributed by atoms with E-state index in [4.69, 9.17) is 5.73 Å². The van der Waals surface area contributed by atoms with Crippen molar-refractivity contribution in [1.82, 2.24) is 10.2 Å². The predicted molar refractivity (Wildman–Crippen MR) is 81.2 cm³/mol. The normalized spacial score (nSPS) is 18.7. The molecule has 6 heteroatoms. The van der Waals surface area contributed by atoms with Crippen molar-refractivity contribution in [3.63, 3.8) is 0 Å². The summed E-state index contributed by atoms with van der Waals surface area (Å²) in [6.07, 6.45) is 1.65. The summed E-state index contributed by atoms with van der Waals surface area (Å²) in [6, 6.07) is 5.23. The fourth-order valence-electron chi connectivity index (χ4n) is 2.46. The Balaban J connectivity index is 2.16. The van der Waals surface area contributed by atoms with E-state index in [0.717, 1.165) is 17.3 Å². The number of nitrogens with zero attached hydrogens (tertiary/aromatic N) is 1. The Bertz CT molecular complexity index is 533. The molecule has 1 heterocycles. The number of benzene rings is 1. The van der Waals surface area contributed by atoms with Crippen LogP contribution in [0.15, 0.2) is 22.7 Å². The molecule has 108 valence electrons. The lowest BCUT2D eigenvalue weighted by Gasteiger charge is -2.32. The van der Waals surface area contributed by atoms with Crippen LogP contribution in [-0.4, -0.2) is 36.9 Å². The Morgan fingerprint density at radius 1 is 1.45 bits per heavy atom. The van der Waals surface area contributed by atoms with Gasteiger partial charge < -0.3 is 16.0 Å². The minimum absolute atomic E-state index is 0.00952.